The molecule has 0 aliphatic carbocycles. The first-order valence-corrected chi connectivity index (χ1v) is 6.88. The topological polar surface area (TPSA) is 69.4 Å². The smallest absolute Gasteiger partial charge is 0.311 e. The van der Waals surface area contributed by atoms with Crippen LogP contribution in [0.1, 0.15) is 52.7 Å². The van der Waals surface area contributed by atoms with Crippen LogP contribution in [0.3, 0.4) is 0 Å². The van der Waals surface area contributed by atoms with Gasteiger partial charge in [0.2, 0.25) is 0 Å². The van der Waals surface area contributed by atoms with E-state index in [1.807, 2.05) is 26.8 Å². The molecule has 0 unspecified atom stereocenters. The van der Waals surface area contributed by atoms with Gasteiger partial charge in [0.05, 0.1) is 15.9 Å². The van der Waals surface area contributed by atoms with E-state index >= 15 is 0 Å². The Morgan fingerprint density at radius 3 is 2.19 bits per heavy atom. The maximum atomic E-state index is 11.9. The first-order valence-electron chi connectivity index (χ1n) is 6.88. The summed E-state index contributed by atoms with van der Waals surface area (Å²) in [6.45, 7) is 11.1. The van der Waals surface area contributed by atoms with Gasteiger partial charge in [-0.1, -0.05) is 32.9 Å². The number of nitro benzene ring substituents is 1. The predicted molar refractivity (Wildman–Crippen MR) is 81.0 cm³/mol. The molecule has 21 heavy (non-hydrogen) atoms. The third kappa shape index (κ3) is 4.28. The fraction of sp³-hybridized carbons (Fsp3) is 0.562. The van der Waals surface area contributed by atoms with Gasteiger partial charge < -0.3 is 4.74 Å². The zero-order valence-electron chi connectivity index (χ0n) is 13.5. The number of carbonyl (C=O) groups is 1. The predicted octanol–water partition coefficient (Wildman–Crippen LogP) is 3.98. The summed E-state index contributed by atoms with van der Waals surface area (Å²) in [5.41, 5.74) is 0.371. The molecule has 1 aromatic rings. The van der Waals surface area contributed by atoms with E-state index in [0.717, 1.165) is 5.56 Å². The van der Waals surface area contributed by atoms with E-state index in [2.05, 4.69) is 0 Å². The van der Waals surface area contributed by atoms with Crippen molar-refractivity contribution >= 4 is 11.7 Å². The zero-order valence-corrected chi connectivity index (χ0v) is 13.5. The van der Waals surface area contributed by atoms with E-state index in [-0.39, 0.29) is 23.7 Å². The molecule has 0 heterocycles. The van der Waals surface area contributed by atoms with Crippen molar-refractivity contribution in [3.63, 3.8) is 0 Å². The van der Waals surface area contributed by atoms with Crippen LogP contribution >= 0.6 is 0 Å². The molecular formula is C16H23NO4. The molecule has 0 aromatic heterocycles. The molecule has 0 atom stereocenters. The molecule has 0 saturated heterocycles. The number of benzene rings is 1. The lowest BCUT2D eigenvalue weighted by molar-refractivity contribution is -0.386. The second kappa shape index (κ2) is 5.84. The second-order valence-electron chi connectivity index (χ2n) is 7.14. The minimum Gasteiger partial charge on any atom is -0.460 e. The molecule has 1 rings (SSSR count). The summed E-state index contributed by atoms with van der Waals surface area (Å²) >= 11 is 0. The van der Waals surface area contributed by atoms with Gasteiger partial charge in [-0.05, 0) is 31.7 Å². The highest BCUT2D eigenvalue weighted by Crippen LogP contribution is 2.32. The lowest BCUT2D eigenvalue weighted by Crippen LogP contribution is -2.24. The molecule has 0 saturated carbocycles. The first-order chi connectivity index (χ1) is 9.44. The highest BCUT2D eigenvalue weighted by molar-refractivity contribution is 5.75. The summed E-state index contributed by atoms with van der Waals surface area (Å²) in [6, 6.07) is 4.94. The molecule has 5 nitrogen and oxygen atoms in total. The molecule has 5 heteroatoms. The van der Waals surface area contributed by atoms with Gasteiger partial charge in [-0.25, -0.2) is 0 Å². The Hall–Kier alpha value is -1.91. The summed E-state index contributed by atoms with van der Waals surface area (Å²) < 4.78 is 5.28. The Morgan fingerprint density at radius 2 is 1.76 bits per heavy atom. The van der Waals surface area contributed by atoms with Crippen molar-refractivity contribution < 1.29 is 14.5 Å². The van der Waals surface area contributed by atoms with E-state index in [1.165, 1.54) is 6.07 Å². The fourth-order valence-electron chi connectivity index (χ4n) is 1.95. The maximum absolute atomic E-state index is 11.9. The van der Waals surface area contributed by atoms with E-state index in [0.29, 0.717) is 5.56 Å². The van der Waals surface area contributed by atoms with Crippen molar-refractivity contribution in [2.45, 2.75) is 53.6 Å². The molecule has 116 valence electrons. The third-order valence-corrected chi connectivity index (χ3v) is 3.12. The van der Waals surface area contributed by atoms with E-state index < -0.39 is 10.3 Å². The summed E-state index contributed by atoms with van der Waals surface area (Å²) in [6.07, 6.45) is 0. The van der Waals surface area contributed by atoms with Crippen LogP contribution in [0.5, 0.6) is 0 Å². The largest absolute Gasteiger partial charge is 0.460 e. The molecule has 0 spiro atoms. The number of carbonyl (C=O) groups excluding carboxylic acids is 1. The number of hydrogen-bond acceptors (Lipinski definition) is 4. The lowest BCUT2D eigenvalue weighted by atomic mass is 9.83. The van der Waals surface area contributed by atoms with Crippen molar-refractivity contribution in [2.75, 3.05) is 0 Å². The van der Waals surface area contributed by atoms with E-state index in [4.69, 9.17) is 4.74 Å². The summed E-state index contributed by atoms with van der Waals surface area (Å²) in [5.74, 6) is -0.375. The Kier molecular flexibility index (Phi) is 4.76. The molecular weight excluding hydrogens is 270 g/mol. The summed E-state index contributed by atoms with van der Waals surface area (Å²) in [4.78, 5) is 22.7. The summed E-state index contributed by atoms with van der Waals surface area (Å²) in [7, 11) is 0. The van der Waals surface area contributed by atoms with Gasteiger partial charge in [0.15, 0.2) is 0 Å². The fourth-order valence-corrected chi connectivity index (χ4v) is 1.95. The Bertz CT molecular complexity index is 550. The zero-order chi connectivity index (χ0) is 16.4. The average Bonchev–Trinajstić information content (AvgIpc) is 2.32. The highest BCUT2D eigenvalue weighted by atomic mass is 16.6. The van der Waals surface area contributed by atoms with Gasteiger partial charge in [-0.15, -0.1) is 0 Å². The van der Waals surface area contributed by atoms with Gasteiger partial charge in [0, 0.05) is 6.07 Å². The van der Waals surface area contributed by atoms with Gasteiger partial charge in [0.1, 0.15) is 6.61 Å². The minimum absolute atomic E-state index is 0.0101. The first kappa shape index (κ1) is 17.1. The van der Waals surface area contributed by atoms with Crippen LogP contribution < -0.4 is 0 Å². The molecule has 1 aromatic carbocycles. The van der Waals surface area contributed by atoms with Gasteiger partial charge in [-0.3, -0.25) is 14.9 Å². The van der Waals surface area contributed by atoms with Crippen LogP contribution in [0.25, 0.3) is 0 Å². The molecule has 0 N–H and O–H groups in total. The molecule has 0 radical (unpaired) electrons. The van der Waals surface area contributed by atoms with Crippen LogP contribution in [0, 0.1) is 15.5 Å². The highest BCUT2D eigenvalue weighted by Gasteiger charge is 2.28. The molecule has 0 bridgehead atoms. The standard InChI is InChI=1S/C16H23NO4/c1-15(2,3)12-8-7-9-13(17(19)20)11(12)10-21-14(18)16(4,5)6/h7-9H,10H2,1-6H3. The Morgan fingerprint density at radius 1 is 1.19 bits per heavy atom. The van der Waals surface area contributed by atoms with Gasteiger partial charge in [-0.2, -0.15) is 0 Å². The monoisotopic (exact) mass is 293 g/mol. The average molecular weight is 293 g/mol. The van der Waals surface area contributed by atoms with Crippen molar-refractivity contribution in [2.24, 2.45) is 5.41 Å². The SMILES string of the molecule is CC(C)(C)C(=O)OCc1c([N+](=O)[O-])cccc1C(C)(C)C. The van der Waals surface area contributed by atoms with Crippen LogP contribution in [0.2, 0.25) is 0 Å². The van der Waals surface area contributed by atoms with E-state index in [9.17, 15) is 14.9 Å². The van der Waals surface area contributed by atoms with Crippen LogP contribution in [-0.2, 0) is 21.6 Å². The van der Waals surface area contributed by atoms with E-state index in [1.54, 1.807) is 26.8 Å². The van der Waals surface area contributed by atoms with Crippen molar-refractivity contribution in [1.82, 2.24) is 0 Å². The Balaban J connectivity index is 3.20. The van der Waals surface area contributed by atoms with Crippen LogP contribution in [0.4, 0.5) is 5.69 Å². The van der Waals surface area contributed by atoms with Crippen molar-refractivity contribution in [3.8, 4) is 0 Å². The van der Waals surface area contributed by atoms with Crippen molar-refractivity contribution in [3.05, 3.63) is 39.4 Å². The normalized spacial score (nSPS) is 12.1. The Labute approximate surface area is 125 Å². The number of nitro groups is 1. The molecule has 0 amide bonds. The number of rotatable bonds is 3. The summed E-state index contributed by atoms with van der Waals surface area (Å²) in [5, 5.41) is 11.2. The third-order valence-electron chi connectivity index (χ3n) is 3.12. The number of esters is 1. The second-order valence-corrected chi connectivity index (χ2v) is 7.14. The van der Waals surface area contributed by atoms with Gasteiger partial charge in [0.25, 0.3) is 5.69 Å². The number of ether oxygens (including phenoxy) is 1. The van der Waals surface area contributed by atoms with Crippen LogP contribution in [0.15, 0.2) is 18.2 Å². The quantitative estimate of drug-likeness (QED) is 0.480. The minimum atomic E-state index is -0.633. The number of nitrogens with zero attached hydrogens (tertiary/aromatic N) is 1. The molecule has 0 aliphatic rings. The van der Waals surface area contributed by atoms with Crippen LogP contribution in [-0.4, -0.2) is 10.9 Å². The molecule has 0 fully saturated rings. The molecule has 0 aliphatic heterocycles. The lowest BCUT2D eigenvalue weighted by Gasteiger charge is -2.23. The maximum Gasteiger partial charge on any atom is 0.311 e. The number of hydrogen-bond donors (Lipinski definition) is 0. The van der Waals surface area contributed by atoms with Gasteiger partial charge >= 0.3 is 5.97 Å². The van der Waals surface area contributed by atoms with Crippen molar-refractivity contribution in [1.29, 1.82) is 0 Å².